The van der Waals surface area contributed by atoms with Crippen molar-refractivity contribution < 1.29 is 19.5 Å². The van der Waals surface area contributed by atoms with Crippen molar-refractivity contribution in [2.24, 2.45) is 0 Å². The smallest absolute Gasteiger partial charge is 0.336 e. The molecule has 2 rings (SSSR count). The molecule has 1 aromatic rings. The summed E-state index contributed by atoms with van der Waals surface area (Å²) < 4.78 is 0. The number of rotatable bonds is 3. The minimum Gasteiger partial charge on any atom is -0.478 e. The standard InChI is InChI=1S/C14H17N3O4/c1-8-2-3-9(6-11(8)13(19)20)16-14(21)17-10-4-5-12(18)15-7-10/h2-3,6,10H,4-5,7H2,1H3,(H,15,18)(H,19,20)(H2,16,17,21). The first-order valence-corrected chi connectivity index (χ1v) is 6.64. The summed E-state index contributed by atoms with van der Waals surface area (Å²) in [5, 5.41) is 17.1. The van der Waals surface area contributed by atoms with Crippen LogP contribution < -0.4 is 16.0 Å². The molecule has 112 valence electrons. The van der Waals surface area contributed by atoms with E-state index in [1.54, 1.807) is 19.1 Å². The molecule has 4 N–H and O–H groups in total. The molecule has 7 heteroatoms. The van der Waals surface area contributed by atoms with Gasteiger partial charge in [0.25, 0.3) is 0 Å². The van der Waals surface area contributed by atoms with Gasteiger partial charge in [-0.15, -0.1) is 0 Å². The van der Waals surface area contributed by atoms with E-state index in [1.807, 2.05) is 0 Å². The number of hydrogen-bond acceptors (Lipinski definition) is 3. The third-order valence-corrected chi connectivity index (χ3v) is 3.33. The number of piperidine rings is 1. The van der Waals surface area contributed by atoms with E-state index in [1.165, 1.54) is 6.07 Å². The van der Waals surface area contributed by atoms with E-state index in [9.17, 15) is 14.4 Å². The summed E-state index contributed by atoms with van der Waals surface area (Å²) in [5.74, 6) is -1.05. The highest BCUT2D eigenvalue weighted by molar-refractivity contribution is 5.94. The van der Waals surface area contributed by atoms with Gasteiger partial charge in [-0.25, -0.2) is 9.59 Å². The SMILES string of the molecule is Cc1ccc(NC(=O)NC2CCC(=O)NC2)cc1C(=O)O. The Balaban J connectivity index is 1.95. The van der Waals surface area contributed by atoms with Gasteiger partial charge in [0.2, 0.25) is 5.91 Å². The van der Waals surface area contributed by atoms with Gasteiger partial charge in [-0.05, 0) is 31.0 Å². The Morgan fingerprint density at radius 3 is 2.76 bits per heavy atom. The second kappa shape index (κ2) is 6.25. The summed E-state index contributed by atoms with van der Waals surface area (Å²) in [7, 11) is 0. The molecule has 0 spiro atoms. The highest BCUT2D eigenvalue weighted by Crippen LogP contribution is 2.15. The zero-order valence-corrected chi connectivity index (χ0v) is 11.6. The van der Waals surface area contributed by atoms with Crippen LogP contribution in [0.4, 0.5) is 10.5 Å². The van der Waals surface area contributed by atoms with Crippen molar-refractivity contribution in [1.29, 1.82) is 0 Å². The Hall–Kier alpha value is -2.57. The number of aryl methyl sites for hydroxylation is 1. The fourth-order valence-electron chi connectivity index (χ4n) is 2.14. The second-order valence-electron chi connectivity index (χ2n) is 4.97. The molecule has 21 heavy (non-hydrogen) atoms. The fourth-order valence-corrected chi connectivity index (χ4v) is 2.14. The Morgan fingerprint density at radius 2 is 2.14 bits per heavy atom. The van der Waals surface area contributed by atoms with Gasteiger partial charge in [-0.3, -0.25) is 4.79 Å². The lowest BCUT2D eigenvalue weighted by Crippen LogP contribution is -2.48. The van der Waals surface area contributed by atoms with E-state index >= 15 is 0 Å². The number of carboxylic acids is 1. The van der Waals surface area contributed by atoms with Gasteiger partial charge in [0.15, 0.2) is 0 Å². The molecule has 0 radical (unpaired) electrons. The molecule has 1 fully saturated rings. The molecule has 3 amide bonds. The number of anilines is 1. The molecular formula is C14H17N3O4. The van der Waals surface area contributed by atoms with E-state index in [4.69, 9.17) is 5.11 Å². The lowest BCUT2D eigenvalue weighted by molar-refractivity contribution is -0.122. The van der Waals surface area contributed by atoms with Crippen molar-refractivity contribution in [1.82, 2.24) is 10.6 Å². The van der Waals surface area contributed by atoms with Gasteiger partial charge in [-0.2, -0.15) is 0 Å². The van der Waals surface area contributed by atoms with E-state index in [0.29, 0.717) is 30.6 Å². The molecule has 0 aromatic heterocycles. The van der Waals surface area contributed by atoms with Gasteiger partial charge in [0.05, 0.1) is 5.56 Å². The van der Waals surface area contributed by atoms with E-state index < -0.39 is 12.0 Å². The van der Waals surface area contributed by atoms with Crippen molar-refractivity contribution >= 4 is 23.6 Å². The highest BCUT2D eigenvalue weighted by Gasteiger charge is 2.19. The van der Waals surface area contributed by atoms with Gasteiger partial charge in [0.1, 0.15) is 0 Å². The lowest BCUT2D eigenvalue weighted by atomic mass is 10.1. The second-order valence-corrected chi connectivity index (χ2v) is 4.97. The van der Waals surface area contributed by atoms with Crippen LogP contribution in [0.15, 0.2) is 18.2 Å². The van der Waals surface area contributed by atoms with Crippen LogP contribution in [0.5, 0.6) is 0 Å². The maximum Gasteiger partial charge on any atom is 0.336 e. The van der Waals surface area contributed by atoms with Crippen molar-refractivity contribution in [3.05, 3.63) is 29.3 Å². The molecule has 1 heterocycles. The Morgan fingerprint density at radius 1 is 1.38 bits per heavy atom. The molecule has 1 aromatic carbocycles. The van der Waals surface area contributed by atoms with Crippen LogP contribution in [0, 0.1) is 6.92 Å². The maximum absolute atomic E-state index is 11.8. The number of carboxylic acid groups (broad SMARTS) is 1. The first kappa shape index (κ1) is 14.8. The van der Waals surface area contributed by atoms with Crippen LogP contribution in [-0.4, -0.2) is 35.6 Å². The Labute approximate surface area is 121 Å². The number of benzene rings is 1. The summed E-state index contributed by atoms with van der Waals surface area (Å²) in [4.78, 5) is 33.9. The number of carbonyl (C=O) groups excluding carboxylic acids is 2. The van der Waals surface area contributed by atoms with Crippen molar-refractivity contribution in [2.75, 3.05) is 11.9 Å². The molecule has 1 unspecified atom stereocenters. The van der Waals surface area contributed by atoms with Crippen molar-refractivity contribution in [2.45, 2.75) is 25.8 Å². The van der Waals surface area contributed by atoms with Gasteiger partial charge < -0.3 is 21.1 Å². The topological polar surface area (TPSA) is 108 Å². The average Bonchev–Trinajstić information content (AvgIpc) is 2.43. The molecular weight excluding hydrogens is 274 g/mol. The molecule has 0 aliphatic carbocycles. The molecule has 1 atom stereocenters. The van der Waals surface area contributed by atoms with Crippen LogP contribution in [0.25, 0.3) is 0 Å². The lowest BCUT2D eigenvalue weighted by Gasteiger charge is -2.23. The summed E-state index contributed by atoms with van der Waals surface area (Å²) in [5.41, 5.74) is 1.19. The van der Waals surface area contributed by atoms with Gasteiger partial charge in [-0.1, -0.05) is 6.07 Å². The third-order valence-electron chi connectivity index (χ3n) is 3.33. The summed E-state index contributed by atoms with van der Waals surface area (Å²) in [6.07, 6.45) is 0.978. The third kappa shape index (κ3) is 3.95. The predicted octanol–water partition coefficient (Wildman–Crippen LogP) is 1.09. The molecule has 1 aliphatic heterocycles. The molecule has 0 saturated carbocycles. The monoisotopic (exact) mass is 291 g/mol. The number of hydrogen-bond donors (Lipinski definition) is 4. The Bertz CT molecular complexity index is 576. The predicted molar refractivity (Wildman–Crippen MR) is 76.3 cm³/mol. The fraction of sp³-hybridized carbons (Fsp3) is 0.357. The number of urea groups is 1. The molecule has 1 saturated heterocycles. The maximum atomic E-state index is 11.8. The summed E-state index contributed by atoms with van der Waals surface area (Å²) in [6.45, 7) is 2.10. The number of carbonyl (C=O) groups is 3. The average molecular weight is 291 g/mol. The number of aromatic carboxylic acids is 1. The molecule has 1 aliphatic rings. The van der Waals surface area contributed by atoms with Gasteiger partial charge in [0, 0.05) is 24.7 Å². The van der Waals surface area contributed by atoms with E-state index in [-0.39, 0.29) is 17.5 Å². The van der Waals surface area contributed by atoms with E-state index in [2.05, 4.69) is 16.0 Å². The Kier molecular flexibility index (Phi) is 4.42. The molecule has 0 bridgehead atoms. The van der Waals surface area contributed by atoms with Crippen LogP contribution in [0.3, 0.4) is 0 Å². The van der Waals surface area contributed by atoms with Crippen molar-refractivity contribution in [3.8, 4) is 0 Å². The number of nitrogens with one attached hydrogen (secondary N) is 3. The normalized spacial score (nSPS) is 17.8. The van der Waals surface area contributed by atoms with Crippen LogP contribution >= 0.6 is 0 Å². The zero-order chi connectivity index (χ0) is 15.4. The highest BCUT2D eigenvalue weighted by atomic mass is 16.4. The first-order valence-electron chi connectivity index (χ1n) is 6.64. The largest absolute Gasteiger partial charge is 0.478 e. The van der Waals surface area contributed by atoms with Crippen LogP contribution in [-0.2, 0) is 4.79 Å². The quantitative estimate of drug-likeness (QED) is 0.668. The summed E-state index contributed by atoms with van der Waals surface area (Å²) >= 11 is 0. The van der Waals surface area contributed by atoms with E-state index in [0.717, 1.165) is 0 Å². The van der Waals surface area contributed by atoms with Crippen molar-refractivity contribution in [3.63, 3.8) is 0 Å². The minimum atomic E-state index is -1.04. The number of amides is 3. The van der Waals surface area contributed by atoms with Gasteiger partial charge >= 0.3 is 12.0 Å². The molecule has 7 nitrogen and oxygen atoms in total. The van der Waals surface area contributed by atoms with Crippen LogP contribution in [0.2, 0.25) is 0 Å². The zero-order valence-electron chi connectivity index (χ0n) is 11.6. The minimum absolute atomic E-state index is 0.0157. The summed E-state index contributed by atoms with van der Waals surface area (Å²) in [6, 6.07) is 4.16. The van der Waals surface area contributed by atoms with Crippen LogP contribution in [0.1, 0.15) is 28.8 Å². The first-order chi connectivity index (χ1) is 9.95.